The van der Waals surface area contributed by atoms with Crippen LogP contribution in [0.1, 0.15) is 12.7 Å². The van der Waals surface area contributed by atoms with Crippen LogP contribution in [0.4, 0.5) is 5.82 Å². The summed E-state index contributed by atoms with van der Waals surface area (Å²) in [5.74, 6) is 2.53. The maximum Gasteiger partial charge on any atom is 0.134 e. The monoisotopic (exact) mass is 231 g/mol. The molecule has 3 nitrogen and oxygen atoms in total. The number of hydrogen-bond acceptors (Lipinski definition) is 4. The third-order valence-electron chi connectivity index (χ3n) is 1.62. The van der Waals surface area contributed by atoms with E-state index in [4.69, 9.17) is 11.6 Å². The van der Waals surface area contributed by atoms with Crippen LogP contribution in [0.3, 0.4) is 0 Å². The average molecular weight is 232 g/mol. The highest BCUT2D eigenvalue weighted by atomic mass is 35.5. The van der Waals surface area contributed by atoms with E-state index in [-0.39, 0.29) is 0 Å². The van der Waals surface area contributed by atoms with Crippen LogP contribution in [0, 0.1) is 6.92 Å². The molecule has 0 amide bonds. The second-order valence-corrected chi connectivity index (χ2v) is 4.42. The largest absolute Gasteiger partial charge is 0.367 e. The Labute approximate surface area is 93.7 Å². The fourth-order valence-corrected chi connectivity index (χ4v) is 1.96. The lowest BCUT2D eigenvalue weighted by Crippen LogP contribution is -2.18. The molecule has 0 aromatic carbocycles. The van der Waals surface area contributed by atoms with Crippen molar-refractivity contribution in [3.05, 3.63) is 17.0 Å². The molecule has 0 aliphatic carbocycles. The van der Waals surface area contributed by atoms with Crippen LogP contribution in [0.25, 0.3) is 0 Å². The molecule has 0 bridgehead atoms. The third kappa shape index (κ3) is 3.72. The van der Waals surface area contributed by atoms with Crippen molar-refractivity contribution in [2.75, 3.05) is 17.3 Å². The maximum absolute atomic E-state index is 5.81. The molecule has 0 spiro atoms. The Morgan fingerprint density at radius 2 is 2.29 bits per heavy atom. The quantitative estimate of drug-likeness (QED) is 0.809. The van der Waals surface area contributed by atoms with E-state index in [9.17, 15) is 0 Å². The smallest absolute Gasteiger partial charge is 0.134 e. The van der Waals surface area contributed by atoms with Crippen molar-refractivity contribution in [3.8, 4) is 0 Å². The van der Waals surface area contributed by atoms with Crippen molar-refractivity contribution < 1.29 is 0 Å². The molecule has 5 heteroatoms. The van der Waals surface area contributed by atoms with Crippen molar-refractivity contribution >= 4 is 29.2 Å². The predicted octanol–water partition coefficient (Wildman–Crippen LogP) is 2.60. The summed E-state index contributed by atoms with van der Waals surface area (Å²) < 4.78 is 0. The summed E-state index contributed by atoms with van der Waals surface area (Å²) >= 11 is 7.61. The van der Waals surface area contributed by atoms with Gasteiger partial charge in [-0.2, -0.15) is 11.8 Å². The summed E-state index contributed by atoms with van der Waals surface area (Å²) in [5.41, 5.74) is 0. The molecule has 1 unspecified atom stereocenters. The highest BCUT2D eigenvalue weighted by Crippen LogP contribution is 2.12. The number of anilines is 1. The molecule has 1 aromatic rings. The first-order chi connectivity index (χ1) is 6.61. The zero-order valence-electron chi connectivity index (χ0n) is 8.54. The first-order valence-corrected chi connectivity index (χ1v) is 6.15. The number of rotatable bonds is 4. The molecule has 1 heterocycles. The normalized spacial score (nSPS) is 12.6. The van der Waals surface area contributed by atoms with Gasteiger partial charge in [-0.05, 0) is 20.1 Å². The minimum atomic E-state index is 0.385. The van der Waals surface area contributed by atoms with Gasteiger partial charge in [-0.1, -0.05) is 11.6 Å². The first kappa shape index (κ1) is 11.6. The van der Waals surface area contributed by atoms with E-state index in [1.807, 2.05) is 6.92 Å². The Morgan fingerprint density at radius 3 is 2.86 bits per heavy atom. The van der Waals surface area contributed by atoms with E-state index in [0.717, 1.165) is 11.6 Å². The first-order valence-electron chi connectivity index (χ1n) is 4.38. The number of nitrogens with one attached hydrogen (secondary N) is 1. The van der Waals surface area contributed by atoms with Gasteiger partial charge < -0.3 is 5.32 Å². The molecule has 1 N–H and O–H groups in total. The van der Waals surface area contributed by atoms with Crippen LogP contribution in [0.2, 0.25) is 5.15 Å². The third-order valence-corrected chi connectivity index (χ3v) is 2.64. The minimum Gasteiger partial charge on any atom is -0.367 e. The molecular formula is C9H14ClN3S. The number of nitrogens with zero attached hydrogens (tertiary/aromatic N) is 2. The lowest BCUT2D eigenvalue weighted by atomic mass is 10.4. The van der Waals surface area contributed by atoms with E-state index in [1.165, 1.54) is 0 Å². The predicted molar refractivity (Wildman–Crippen MR) is 63.2 cm³/mol. The van der Waals surface area contributed by atoms with Crippen molar-refractivity contribution in [3.63, 3.8) is 0 Å². The van der Waals surface area contributed by atoms with Crippen LogP contribution in [-0.4, -0.2) is 28.0 Å². The Kier molecular flexibility index (Phi) is 4.48. The summed E-state index contributed by atoms with van der Waals surface area (Å²) in [6, 6.07) is 2.13. The SMILES string of the molecule is CSCC(C)Nc1cc(Cl)nc(C)n1. The van der Waals surface area contributed by atoms with Crippen LogP contribution in [0.5, 0.6) is 0 Å². The van der Waals surface area contributed by atoms with E-state index in [2.05, 4.69) is 28.5 Å². The molecule has 0 saturated carbocycles. The lowest BCUT2D eigenvalue weighted by Gasteiger charge is -2.13. The molecule has 0 aliphatic heterocycles. The van der Waals surface area contributed by atoms with E-state index in [1.54, 1.807) is 17.8 Å². The number of aryl methyl sites for hydroxylation is 1. The number of halogens is 1. The van der Waals surface area contributed by atoms with Gasteiger partial charge in [0.05, 0.1) is 0 Å². The molecule has 1 rings (SSSR count). The Balaban J connectivity index is 2.66. The van der Waals surface area contributed by atoms with Gasteiger partial charge in [0.25, 0.3) is 0 Å². The summed E-state index contributed by atoms with van der Waals surface area (Å²) in [5, 5.41) is 3.75. The van der Waals surface area contributed by atoms with Gasteiger partial charge in [-0.25, -0.2) is 9.97 Å². The van der Waals surface area contributed by atoms with Gasteiger partial charge in [0.15, 0.2) is 0 Å². The van der Waals surface area contributed by atoms with Crippen molar-refractivity contribution in [1.29, 1.82) is 0 Å². The summed E-state index contributed by atoms with van der Waals surface area (Å²) in [6.45, 7) is 3.94. The Morgan fingerprint density at radius 1 is 1.57 bits per heavy atom. The minimum absolute atomic E-state index is 0.385. The standard InChI is InChI=1S/C9H14ClN3S/c1-6(5-14-3)11-9-4-8(10)12-7(2)13-9/h4,6H,5H2,1-3H3,(H,11,12,13). The average Bonchev–Trinajstić information content (AvgIpc) is 2.01. The molecule has 1 atom stereocenters. The molecule has 1 aromatic heterocycles. The molecule has 78 valence electrons. The van der Waals surface area contributed by atoms with Crippen LogP contribution < -0.4 is 5.32 Å². The Bertz CT molecular complexity index is 286. The highest BCUT2D eigenvalue weighted by Gasteiger charge is 2.03. The van der Waals surface area contributed by atoms with Crippen molar-refractivity contribution in [2.24, 2.45) is 0 Å². The zero-order valence-corrected chi connectivity index (χ0v) is 10.1. The molecule has 0 radical (unpaired) electrons. The lowest BCUT2D eigenvalue weighted by molar-refractivity contribution is 0.893. The van der Waals surface area contributed by atoms with E-state index >= 15 is 0 Å². The van der Waals surface area contributed by atoms with Crippen molar-refractivity contribution in [2.45, 2.75) is 19.9 Å². The van der Waals surface area contributed by atoms with Gasteiger partial charge >= 0.3 is 0 Å². The topological polar surface area (TPSA) is 37.8 Å². The fourth-order valence-electron chi connectivity index (χ4n) is 1.15. The second kappa shape index (κ2) is 5.41. The molecule has 0 saturated heterocycles. The fraction of sp³-hybridized carbons (Fsp3) is 0.556. The number of hydrogen-bond donors (Lipinski definition) is 1. The Hall–Kier alpha value is -0.480. The molecular weight excluding hydrogens is 218 g/mol. The summed E-state index contributed by atoms with van der Waals surface area (Å²) in [7, 11) is 0. The van der Waals surface area contributed by atoms with E-state index < -0.39 is 0 Å². The van der Waals surface area contributed by atoms with Crippen LogP contribution in [-0.2, 0) is 0 Å². The van der Waals surface area contributed by atoms with Gasteiger partial charge in [0, 0.05) is 17.9 Å². The van der Waals surface area contributed by atoms with Gasteiger partial charge in [0.1, 0.15) is 16.8 Å². The highest BCUT2D eigenvalue weighted by molar-refractivity contribution is 7.98. The summed E-state index contributed by atoms with van der Waals surface area (Å²) in [4.78, 5) is 8.24. The molecule has 0 aliphatic rings. The van der Waals surface area contributed by atoms with Crippen LogP contribution in [0.15, 0.2) is 6.07 Å². The van der Waals surface area contributed by atoms with Crippen LogP contribution >= 0.6 is 23.4 Å². The number of aromatic nitrogens is 2. The number of thioether (sulfide) groups is 1. The molecule has 0 fully saturated rings. The van der Waals surface area contributed by atoms with Crippen molar-refractivity contribution in [1.82, 2.24) is 9.97 Å². The maximum atomic E-state index is 5.81. The van der Waals surface area contributed by atoms with Gasteiger partial charge in [-0.3, -0.25) is 0 Å². The second-order valence-electron chi connectivity index (χ2n) is 3.12. The van der Waals surface area contributed by atoms with Gasteiger partial charge in [0.2, 0.25) is 0 Å². The summed E-state index contributed by atoms with van der Waals surface area (Å²) in [6.07, 6.45) is 2.08. The van der Waals surface area contributed by atoms with Gasteiger partial charge in [-0.15, -0.1) is 0 Å². The van der Waals surface area contributed by atoms with E-state index in [0.29, 0.717) is 17.0 Å². The molecule has 14 heavy (non-hydrogen) atoms. The zero-order chi connectivity index (χ0) is 10.6.